The third kappa shape index (κ3) is 12.2. The Balaban J connectivity index is 0.000000602. The van der Waals surface area contributed by atoms with Crippen molar-refractivity contribution >= 4 is 34.7 Å². The van der Waals surface area contributed by atoms with E-state index >= 15 is 0 Å². The molecule has 56 heavy (non-hydrogen) atoms. The topological polar surface area (TPSA) is 115 Å². The van der Waals surface area contributed by atoms with Crippen molar-refractivity contribution in [1.82, 2.24) is 9.80 Å². The quantitative estimate of drug-likeness (QED) is 0.175. The third-order valence-corrected chi connectivity index (χ3v) is 10.0. The summed E-state index contributed by atoms with van der Waals surface area (Å²) in [5.41, 5.74) is -1.000. The summed E-state index contributed by atoms with van der Waals surface area (Å²) in [5, 5.41) is 18.7. The fourth-order valence-electron chi connectivity index (χ4n) is 6.56. The molecule has 0 aliphatic carbocycles. The first-order valence-electron chi connectivity index (χ1n) is 18.4. The van der Waals surface area contributed by atoms with E-state index in [9.17, 15) is 41.0 Å². The van der Waals surface area contributed by atoms with Gasteiger partial charge in [-0.25, -0.2) is 0 Å². The van der Waals surface area contributed by atoms with Crippen molar-refractivity contribution in [1.29, 1.82) is 0 Å². The van der Waals surface area contributed by atoms with Crippen molar-refractivity contribution in [3.8, 4) is 11.5 Å². The lowest BCUT2D eigenvalue weighted by molar-refractivity contribution is -0.144. The van der Waals surface area contributed by atoms with Gasteiger partial charge in [0.05, 0.1) is 30.4 Å². The first kappa shape index (κ1) is 45.9. The van der Waals surface area contributed by atoms with Crippen LogP contribution in [-0.2, 0) is 20.5 Å². The first-order valence-corrected chi connectivity index (χ1v) is 19.3. The minimum atomic E-state index is -4.86. The highest BCUT2D eigenvalue weighted by Crippen LogP contribution is 2.37. The van der Waals surface area contributed by atoms with E-state index in [4.69, 9.17) is 14.6 Å². The highest BCUT2D eigenvalue weighted by atomic mass is 32.1. The Bertz CT molecular complexity index is 1680. The average molecular weight is 817 g/mol. The molecule has 0 saturated carbocycles. The van der Waals surface area contributed by atoms with Crippen LogP contribution in [0.25, 0.3) is 0 Å². The van der Waals surface area contributed by atoms with Crippen molar-refractivity contribution in [2.45, 2.75) is 64.3 Å². The van der Waals surface area contributed by atoms with E-state index in [2.05, 4.69) is 16.5 Å². The fraction of sp³-hybridized carbons (Fsp3) is 0.513. The van der Waals surface area contributed by atoms with Crippen LogP contribution in [0, 0.1) is 5.92 Å². The zero-order valence-electron chi connectivity index (χ0n) is 31.7. The summed E-state index contributed by atoms with van der Waals surface area (Å²) in [5.74, 6) is -1.60. The Morgan fingerprint density at radius 1 is 1.07 bits per heavy atom. The Hall–Kier alpha value is -4.51. The molecule has 17 heteroatoms. The molecule has 4 heterocycles. The van der Waals surface area contributed by atoms with Gasteiger partial charge in [-0.2, -0.15) is 26.3 Å². The van der Waals surface area contributed by atoms with Crippen LogP contribution in [0.15, 0.2) is 76.7 Å². The fourth-order valence-corrected chi connectivity index (χ4v) is 7.20. The van der Waals surface area contributed by atoms with Crippen molar-refractivity contribution in [2.24, 2.45) is 10.9 Å². The molecule has 0 bridgehead atoms. The summed E-state index contributed by atoms with van der Waals surface area (Å²) in [7, 11) is 1.29. The summed E-state index contributed by atoms with van der Waals surface area (Å²) >= 11 is 0.481. The molecule has 1 aromatic heterocycles. The number of aliphatic hydroxyl groups is 1. The van der Waals surface area contributed by atoms with Gasteiger partial charge in [0.25, 0.3) is 5.91 Å². The van der Waals surface area contributed by atoms with Crippen LogP contribution >= 0.6 is 11.3 Å². The number of halogens is 6. The molecule has 1 aromatic carbocycles. The maximum absolute atomic E-state index is 14.2. The molecule has 2 fully saturated rings. The maximum atomic E-state index is 14.2. The van der Waals surface area contributed by atoms with Gasteiger partial charge >= 0.3 is 12.4 Å². The number of piperidine rings is 1. The lowest BCUT2D eigenvalue weighted by Crippen LogP contribution is -2.57. The number of anilines is 1. The number of nitrogens with zero attached hydrogens (tertiary/aromatic N) is 4. The second kappa shape index (κ2) is 21.7. The number of hydrogen-bond acceptors (Lipinski definition) is 9. The van der Waals surface area contributed by atoms with Crippen molar-refractivity contribution in [3.63, 3.8) is 0 Å². The summed E-state index contributed by atoms with van der Waals surface area (Å²) < 4.78 is 88.9. The number of thiophene rings is 1. The van der Waals surface area contributed by atoms with E-state index in [0.717, 1.165) is 11.1 Å². The minimum Gasteiger partial charge on any atom is -0.507 e. The van der Waals surface area contributed by atoms with Crippen LogP contribution in [0.5, 0.6) is 11.5 Å². The first-order chi connectivity index (χ1) is 26.7. The zero-order chi connectivity index (χ0) is 41.5. The lowest BCUT2D eigenvalue weighted by Gasteiger charge is -2.44. The molecule has 2 saturated heterocycles. The SMILES string of the molecule is C=C/C(=C1/C(=O)N2CCCC(C(=O)N3CCN(c4ccccc4OCCO)CC3)C2C/C=C\CCCOC1=NC)C(F)(F)F.CC.Oc1csc(C(F)(F)F)c1. The number of ether oxygens (including phenoxy) is 2. The average Bonchev–Trinajstić information content (AvgIpc) is 3.64. The molecule has 2 aromatic rings. The number of amides is 2. The molecular formula is C39H50F6N4O6S. The molecule has 2 atom stereocenters. The van der Waals surface area contributed by atoms with E-state index in [1.807, 2.05) is 50.3 Å². The van der Waals surface area contributed by atoms with Crippen molar-refractivity contribution < 1.29 is 55.6 Å². The van der Waals surface area contributed by atoms with E-state index in [1.165, 1.54) is 11.9 Å². The third-order valence-electron chi connectivity index (χ3n) is 9.08. The molecule has 310 valence electrons. The Morgan fingerprint density at radius 3 is 2.34 bits per heavy atom. The zero-order valence-corrected chi connectivity index (χ0v) is 32.6. The number of fused-ring (bicyclic) bond motifs is 1. The van der Waals surface area contributed by atoms with Gasteiger partial charge in [0.2, 0.25) is 11.8 Å². The van der Waals surface area contributed by atoms with Crippen LogP contribution in [-0.4, -0.2) is 110 Å². The van der Waals surface area contributed by atoms with Crippen LogP contribution in [0.1, 0.15) is 50.8 Å². The molecule has 0 spiro atoms. The number of hydrogen-bond donors (Lipinski definition) is 2. The minimum absolute atomic E-state index is 0.101. The highest BCUT2D eigenvalue weighted by molar-refractivity contribution is 7.10. The molecule has 3 aliphatic rings. The summed E-state index contributed by atoms with van der Waals surface area (Å²) in [4.78, 5) is 36.5. The molecule has 0 radical (unpaired) electrons. The van der Waals surface area contributed by atoms with Gasteiger partial charge in [-0.3, -0.25) is 14.6 Å². The van der Waals surface area contributed by atoms with Gasteiger partial charge in [0.15, 0.2) is 0 Å². The van der Waals surface area contributed by atoms with Crippen LogP contribution in [0.2, 0.25) is 0 Å². The molecule has 2 N–H and O–H groups in total. The van der Waals surface area contributed by atoms with Gasteiger partial charge in [-0.15, -0.1) is 11.3 Å². The van der Waals surface area contributed by atoms with Gasteiger partial charge in [-0.05, 0) is 44.2 Å². The normalized spacial score (nSPS) is 21.8. The second-order valence-electron chi connectivity index (χ2n) is 12.6. The second-order valence-corrected chi connectivity index (χ2v) is 13.5. The monoisotopic (exact) mass is 816 g/mol. The van der Waals surface area contributed by atoms with Crippen LogP contribution in [0.4, 0.5) is 32.0 Å². The van der Waals surface area contributed by atoms with Gasteiger partial charge in [0, 0.05) is 57.3 Å². The Morgan fingerprint density at radius 2 is 1.77 bits per heavy atom. The Kier molecular flexibility index (Phi) is 17.8. The van der Waals surface area contributed by atoms with Crippen molar-refractivity contribution in [2.75, 3.05) is 64.5 Å². The molecule has 2 unspecified atom stereocenters. The number of rotatable bonds is 6. The van der Waals surface area contributed by atoms with Gasteiger partial charge in [0.1, 0.15) is 28.6 Å². The number of aromatic hydroxyl groups is 1. The number of alkyl halides is 6. The predicted octanol–water partition coefficient (Wildman–Crippen LogP) is 7.64. The number of piperazine rings is 1. The van der Waals surface area contributed by atoms with E-state index < -0.39 is 46.2 Å². The summed E-state index contributed by atoms with van der Waals surface area (Å²) in [6.07, 6.45) is -2.18. The number of allylic oxidation sites excluding steroid dienone is 3. The van der Waals surface area contributed by atoms with Gasteiger partial charge in [-0.1, -0.05) is 50.8 Å². The van der Waals surface area contributed by atoms with E-state index in [1.54, 1.807) is 4.90 Å². The van der Waals surface area contributed by atoms with Crippen LogP contribution in [0.3, 0.4) is 0 Å². The van der Waals surface area contributed by atoms with Crippen molar-refractivity contribution in [3.05, 3.63) is 76.5 Å². The van der Waals surface area contributed by atoms with E-state index in [-0.39, 0.29) is 43.9 Å². The summed E-state index contributed by atoms with van der Waals surface area (Å²) in [6, 6.07) is 7.61. The number of aliphatic imine (C=N–C) groups is 1. The maximum Gasteiger partial charge on any atom is 0.425 e. The Labute approximate surface area is 327 Å². The standard InChI is InChI=1S/C32H41F3N4O5.C5H3F3OS.C2H6/c1-3-24(32(33,34)35)28-29(36-2)44-21-9-5-4-6-12-25-23(11-10-15-39(25)31(28)42)30(41)38-18-16-37(17-19-38)26-13-7-8-14-27(26)43-22-20-40;6-5(7,8)4-1-3(9)2-10-4;1-2/h3-4,6-8,13-14,23,25,40H,1,5,9-12,15-22H2,2H3;1-2,9H;1-2H3/b6-4-,28-24-,36-29?;;. The smallest absolute Gasteiger partial charge is 0.425 e. The number of carbonyl (C=O) groups is 2. The van der Waals surface area contributed by atoms with Crippen LogP contribution < -0.4 is 9.64 Å². The largest absolute Gasteiger partial charge is 0.507 e. The van der Waals surface area contributed by atoms with Gasteiger partial charge < -0.3 is 34.4 Å². The number of benzene rings is 1. The predicted molar refractivity (Wildman–Crippen MR) is 204 cm³/mol. The molecule has 2 amide bonds. The molecule has 10 nitrogen and oxygen atoms in total. The number of carbonyl (C=O) groups excluding carboxylic acids is 2. The molecule has 3 aliphatic heterocycles. The highest BCUT2D eigenvalue weighted by Gasteiger charge is 2.45. The summed E-state index contributed by atoms with van der Waals surface area (Å²) in [6.45, 7) is 9.72. The van der Waals surface area contributed by atoms with E-state index in [0.29, 0.717) is 87.5 Å². The number of aliphatic hydroxyl groups excluding tert-OH is 1. The number of para-hydroxylation sites is 2. The lowest BCUT2D eigenvalue weighted by atomic mass is 9.84. The molecular weight excluding hydrogens is 767 g/mol. The molecule has 5 rings (SSSR count).